The Labute approximate surface area is 89.0 Å². The van der Waals surface area contributed by atoms with E-state index in [4.69, 9.17) is 4.74 Å². The van der Waals surface area contributed by atoms with Crippen molar-refractivity contribution in [3.63, 3.8) is 0 Å². The first-order valence-corrected chi connectivity index (χ1v) is 5.20. The van der Waals surface area contributed by atoms with Gasteiger partial charge in [-0.25, -0.2) is 0 Å². The number of aromatic nitrogens is 2. The van der Waals surface area contributed by atoms with Crippen molar-refractivity contribution in [2.75, 3.05) is 26.8 Å². The maximum Gasteiger partial charge on any atom is 0.0900 e. The maximum absolute atomic E-state index is 9.61. The summed E-state index contributed by atoms with van der Waals surface area (Å²) in [5.41, 5.74) is 2.47. The second-order valence-electron chi connectivity index (χ2n) is 3.97. The molecule has 5 heteroatoms. The van der Waals surface area contributed by atoms with Gasteiger partial charge in [0, 0.05) is 44.4 Å². The first-order chi connectivity index (χ1) is 7.29. The molecule has 0 spiro atoms. The Hall–Kier alpha value is -0.910. The summed E-state index contributed by atoms with van der Waals surface area (Å²) >= 11 is 0. The number of fused-ring (bicyclic) bond motifs is 1. The first-order valence-electron chi connectivity index (χ1n) is 5.20. The molecule has 0 aliphatic carbocycles. The van der Waals surface area contributed by atoms with Crippen LogP contribution in [0.2, 0.25) is 0 Å². The van der Waals surface area contributed by atoms with Gasteiger partial charge >= 0.3 is 0 Å². The molecule has 0 saturated heterocycles. The predicted molar refractivity (Wildman–Crippen MR) is 55.5 cm³/mol. The number of nitrogens with one attached hydrogen (secondary N) is 1. The van der Waals surface area contributed by atoms with E-state index in [0.717, 1.165) is 19.5 Å². The van der Waals surface area contributed by atoms with Crippen molar-refractivity contribution < 1.29 is 9.84 Å². The molecule has 0 unspecified atom stereocenters. The number of aliphatic hydroxyl groups is 1. The van der Waals surface area contributed by atoms with Crippen LogP contribution in [-0.4, -0.2) is 53.1 Å². The van der Waals surface area contributed by atoms with E-state index >= 15 is 0 Å². The van der Waals surface area contributed by atoms with Crippen LogP contribution in [0.25, 0.3) is 0 Å². The smallest absolute Gasteiger partial charge is 0.0900 e. The van der Waals surface area contributed by atoms with E-state index in [1.54, 1.807) is 7.11 Å². The molecule has 1 aromatic heterocycles. The van der Waals surface area contributed by atoms with Gasteiger partial charge < -0.3 is 9.84 Å². The van der Waals surface area contributed by atoms with E-state index < -0.39 is 6.10 Å². The van der Waals surface area contributed by atoms with Crippen molar-refractivity contribution in [1.82, 2.24) is 15.1 Å². The Bertz CT molecular complexity index is 313. The summed E-state index contributed by atoms with van der Waals surface area (Å²) in [5, 5.41) is 16.6. The number of H-pyrrole nitrogens is 1. The van der Waals surface area contributed by atoms with Gasteiger partial charge in [0.1, 0.15) is 0 Å². The third kappa shape index (κ3) is 2.56. The lowest BCUT2D eigenvalue weighted by atomic mass is 10.1. The highest BCUT2D eigenvalue weighted by Gasteiger charge is 2.19. The average molecular weight is 211 g/mol. The Morgan fingerprint density at radius 3 is 3.40 bits per heavy atom. The molecule has 0 aromatic carbocycles. The highest BCUT2D eigenvalue weighted by molar-refractivity contribution is 5.18. The number of hydrogen-bond acceptors (Lipinski definition) is 4. The molecule has 0 amide bonds. The maximum atomic E-state index is 9.61. The van der Waals surface area contributed by atoms with Crippen molar-refractivity contribution in [3.05, 3.63) is 17.5 Å². The zero-order chi connectivity index (χ0) is 10.7. The minimum Gasteiger partial charge on any atom is -0.389 e. The molecule has 2 heterocycles. The molecule has 15 heavy (non-hydrogen) atoms. The van der Waals surface area contributed by atoms with Crippen LogP contribution >= 0.6 is 0 Å². The summed E-state index contributed by atoms with van der Waals surface area (Å²) in [7, 11) is 1.60. The third-order valence-corrected chi connectivity index (χ3v) is 2.71. The summed E-state index contributed by atoms with van der Waals surface area (Å²) in [4.78, 5) is 2.22. The van der Waals surface area contributed by atoms with Crippen LogP contribution in [0.1, 0.15) is 11.3 Å². The summed E-state index contributed by atoms with van der Waals surface area (Å²) in [6, 6.07) is 0. The van der Waals surface area contributed by atoms with Crippen LogP contribution in [0.5, 0.6) is 0 Å². The van der Waals surface area contributed by atoms with Gasteiger partial charge in [0.2, 0.25) is 0 Å². The molecule has 0 radical (unpaired) electrons. The van der Waals surface area contributed by atoms with Crippen LogP contribution in [0, 0.1) is 0 Å². The van der Waals surface area contributed by atoms with Crippen LogP contribution in [0.3, 0.4) is 0 Å². The normalized spacial score (nSPS) is 18.8. The molecule has 1 aliphatic rings. The summed E-state index contributed by atoms with van der Waals surface area (Å²) < 4.78 is 4.90. The number of hydrogen-bond donors (Lipinski definition) is 2. The fourth-order valence-electron chi connectivity index (χ4n) is 1.98. The highest BCUT2D eigenvalue weighted by atomic mass is 16.5. The molecule has 2 N–H and O–H groups in total. The van der Waals surface area contributed by atoms with Crippen molar-refractivity contribution in [3.8, 4) is 0 Å². The van der Waals surface area contributed by atoms with Crippen molar-refractivity contribution in [2.45, 2.75) is 19.1 Å². The Morgan fingerprint density at radius 2 is 2.60 bits per heavy atom. The molecular formula is C10H17N3O2. The SMILES string of the molecule is COC[C@H](O)CN1CCc2[nH]ncc2C1. The first kappa shape index (κ1) is 10.6. The topological polar surface area (TPSA) is 61.4 Å². The van der Waals surface area contributed by atoms with Gasteiger partial charge in [-0.15, -0.1) is 0 Å². The van der Waals surface area contributed by atoms with Gasteiger partial charge in [-0.3, -0.25) is 10.00 Å². The monoisotopic (exact) mass is 211 g/mol. The van der Waals surface area contributed by atoms with E-state index in [2.05, 4.69) is 15.1 Å². The van der Waals surface area contributed by atoms with E-state index in [9.17, 15) is 5.11 Å². The second kappa shape index (κ2) is 4.74. The molecule has 5 nitrogen and oxygen atoms in total. The number of methoxy groups -OCH3 is 1. The van der Waals surface area contributed by atoms with E-state index in [-0.39, 0.29) is 0 Å². The summed E-state index contributed by atoms with van der Waals surface area (Å²) in [6.45, 7) is 2.90. The third-order valence-electron chi connectivity index (χ3n) is 2.71. The highest BCUT2D eigenvalue weighted by Crippen LogP contribution is 2.15. The largest absolute Gasteiger partial charge is 0.389 e. The lowest BCUT2D eigenvalue weighted by molar-refractivity contribution is 0.0345. The summed E-state index contributed by atoms with van der Waals surface area (Å²) in [5.74, 6) is 0. The summed E-state index contributed by atoms with van der Waals surface area (Å²) in [6.07, 6.45) is 2.45. The molecule has 84 valence electrons. The van der Waals surface area contributed by atoms with Gasteiger partial charge in [-0.05, 0) is 0 Å². The van der Waals surface area contributed by atoms with Gasteiger partial charge in [0.05, 0.1) is 18.9 Å². The Balaban J connectivity index is 1.87. The number of β-amino-alcohol motifs (C(OH)–C–C–N with tert-alkyl or cyclic N) is 1. The lowest BCUT2D eigenvalue weighted by Crippen LogP contribution is -2.38. The average Bonchev–Trinajstić information content (AvgIpc) is 2.65. The molecular weight excluding hydrogens is 194 g/mol. The van der Waals surface area contributed by atoms with Crippen LogP contribution in [0.4, 0.5) is 0 Å². The predicted octanol–water partition coefficient (Wildman–Crippen LogP) is -0.225. The number of ether oxygens (including phenoxy) is 1. The fourth-order valence-corrected chi connectivity index (χ4v) is 1.98. The quantitative estimate of drug-likeness (QED) is 0.722. The van der Waals surface area contributed by atoms with Crippen molar-refractivity contribution in [1.29, 1.82) is 0 Å². The van der Waals surface area contributed by atoms with E-state index in [1.165, 1.54) is 11.3 Å². The van der Waals surface area contributed by atoms with Crippen LogP contribution in [0.15, 0.2) is 6.20 Å². The minimum atomic E-state index is -0.400. The number of rotatable bonds is 4. The molecule has 0 saturated carbocycles. The Morgan fingerprint density at radius 1 is 1.73 bits per heavy atom. The molecule has 1 aliphatic heterocycles. The zero-order valence-corrected chi connectivity index (χ0v) is 8.94. The molecule has 1 atom stereocenters. The lowest BCUT2D eigenvalue weighted by Gasteiger charge is -2.28. The standard InChI is InChI=1S/C10H17N3O2/c1-15-7-9(14)6-13-3-2-10-8(5-13)4-11-12-10/h4,9,14H,2-3,5-7H2,1H3,(H,11,12)/t9-/m1/s1. The van der Waals surface area contributed by atoms with Gasteiger partial charge in [-0.2, -0.15) is 5.10 Å². The van der Waals surface area contributed by atoms with E-state index in [0.29, 0.717) is 13.2 Å². The second-order valence-corrected chi connectivity index (χ2v) is 3.97. The van der Waals surface area contributed by atoms with Crippen molar-refractivity contribution >= 4 is 0 Å². The van der Waals surface area contributed by atoms with Gasteiger partial charge in [0.15, 0.2) is 0 Å². The number of aliphatic hydroxyl groups excluding tert-OH is 1. The van der Waals surface area contributed by atoms with E-state index in [1.807, 2.05) is 6.20 Å². The Kier molecular flexibility index (Phi) is 3.35. The van der Waals surface area contributed by atoms with Crippen molar-refractivity contribution in [2.24, 2.45) is 0 Å². The van der Waals surface area contributed by atoms with Gasteiger partial charge in [-0.1, -0.05) is 0 Å². The zero-order valence-electron chi connectivity index (χ0n) is 8.94. The van der Waals surface area contributed by atoms with Crippen LogP contribution < -0.4 is 0 Å². The molecule has 0 fully saturated rings. The molecule has 0 bridgehead atoms. The minimum absolute atomic E-state index is 0.398. The van der Waals surface area contributed by atoms with Crippen LogP contribution in [-0.2, 0) is 17.7 Å². The van der Waals surface area contributed by atoms with Gasteiger partial charge in [0.25, 0.3) is 0 Å². The number of aromatic amines is 1. The fraction of sp³-hybridized carbons (Fsp3) is 0.700. The molecule has 2 rings (SSSR count). The molecule has 1 aromatic rings. The number of nitrogens with zero attached hydrogens (tertiary/aromatic N) is 2.